The SMILES string of the molecule is CCCN(CCO)S(=O)(=O)c1cc(CN)ccc1C. The zero-order chi connectivity index (χ0) is 14.5. The van der Waals surface area contributed by atoms with E-state index in [9.17, 15) is 8.42 Å². The molecule has 108 valence electrons. The van der Waals surface area contributed by atoms with Crippen molar-refractivity contribution in [3.8, 4) is 0 Å². The number of aryl methyl sites for hydroxylation is 1. The number of sulfonamides is 1. The van der Waals surface area contributed by atoms with Crippen LogP contribution < -0.4 is 5.73 Å². The van der Waals surface area contributed by atoms with Crippen LogP contribution in [0.4, 0.5) is 0 Å². The number of nitrogens with zero attached hydrogens (tertiary/aromatic N) is 1. The highest BCUT2D eigenvalue weighted by Gasteiger charge is 2.25. The van der Waals surface area contributed by atoms with Crippen LogP contribution in [0.25, 0.3) is 0 Å². The Hall–Kier alpha value is -0.950. The summed E-state index contributed by atoms with van der Waals surface area (Å²) in [5.74, 6) is 0. The van der Waals surface area contributed by atoms with Gasteiger partial charge in [-0.3, -0.25) is 0 Å². The smallest absolute Gasteiger partial charge is 0.243 e. The van der Waals surface area contributed by atoms with Gasteiger partial charge in [-0.25, -0.2) is 8.42 Å². The first kappa shape index (κ1) is 16.1. The molecule has 0 aliphatic carbocycles. The minimum atomic E-state index is -3.57. The van der Waals surface area contributed by atoms with Gasteiger partial charge in [0.25, 0.3) is 0 Å². The van der Waals surface area contributed by atoms with Crippen molar-refractivity contribution in [3.63, 3.8) is 0 Å². The van der Waals surface area contributed by atoms with Gasteiger partial charge in [0.1, 0.15) is 0 Å². The Morgan fingerprint density at radius 1 is 1.32 bits per heavy atom. The minimum Gasteiger partial charge on any atom is -0.395 e. The van der Waals surface area contributed by atoms with Crippen LogP contribution in [-0.2, 0) is 16.6 Å². The van der Waals surface area contributed by atoms with Gasteiger partial charge >= 0.3 is 0 Å². The van der Waals surface area contributed by atoms with Crippen LogP contribution >= 0.6 is 0 Å². The van der Waals surface area contributed by atoms with Gasteiger partial charge in [-0.15, -0.1) is 0 Å². The van der Waals surface area contributed by atoms with E-state index in [0.29, 0.717) is 25.1 Å². The number of nitrogens with two attached hydrogens (primary N) is 1. The van der Waals surface area contributed by atoms with E-state index in [4.69, 9.17) is 10.8 Å². The van der Waals surface area contributed by atoms with Gasteiger partial charge in [0, 0.05) is 19.6 Å². The molecule has 1 aromatic rings. The van der Waals surface area contributed by atoms with E-state index in [-0.39, 0.29) is 18.0 Å². The number of benzene rings is 1. The van der Waals surface area contributed by atoms with E-state index in [1.54, 1.807) is 19.1 Å². The molecule has 3 N–H and O–H groups in total. The Balaban J connectivity index is 3.23. The number of hydrogen-bond donors (Lipinski definition) is 2. The molecule has 0 fully saturated rings. The van der Waals surface area contributed by atoms with Crippen molar-refractivity contribution in [3.05, 3.63) is 29.3 Å². The summed E-state index contributed by atoms with van der Waals surface area (Å²) in [5, 5.41) is 9.02. The highest BCUT2D eigenvalue weighted by Crippen LogP contribution is 2.21. The molecule has 0 aliphatic rings. The first-order chi connectivity index (χ1) is 8.97. The van der Waals surface area contributed by atoms with Crippen LogP contribution in [0, 0.1) is 6.92 Å². The van der Waals surface area contributed by atoms with Crippen molar-refractivity contribution in [1.82, 2.24) is 4.31 Å². The first-order valence-corrected chi connectivity index (χ1v) is 7.82. The summed E-state index contributed by atoms with van der Waals surface area (Å²) >= 11 is 0. The van der Waals surface area contributed by atoms with E-state index in [0.717, 1.165) is 5.56 Å². The van der Waals surface area contributed by atoms with Gasteiger partial charge in [-0.05, 0) is 30.5 Å². The van der Waals surface area contributed by atoms with Crippen molar-refractivity contribution in [2.24, 2.45) is 5.73 Å². The van der Waals surface area contributed by atoms with Gasteiger partial charge in [-0.1, -0.05) is 19.1 Å². The Labute approximate surface area is 115 Å². The van der Waals surface area contributed by atoms with Gasteiger partial charge in [0.05, 0.1) is 11.5 Å². The fourth-order valence-electron chi connectivity index (χ4n) is 1.90. The van der Waals surface area contributed by atoms with Crippen LogP contribution in [0.3, 0.4) is 0 Å². The molecule has 0 aromatic heterocycles. The van der Waals surface area contributed by atoms with Crippen LogP contribution in [0.15, 0.2) is 23.1 Å². The molecule has 0 atom stereocenters. The quantitative estimate of drug-likeness (QED) is 0.778. The lowest BCUT2D eigenvalue weighted by Crippen LogP contribution is -2.34. The summed E-state index contributed by atoms with van der Waals surface area (Å²) in [4.78, 5) is 0.275. The predicted octanol–water partition coefficient (Wildman–Crippen LogP) is 0.847. The van der Waals surface area contributed by atoms with Crippen LogP contribution in [0.2, 0.25) is 0 Å². The molecule has 1 aromatic carbocycles. The lowest BCUT2D eigenvalue weighted by atomic mass is 10.1. The van der Waals surface area contributed by atoms with Gasteiger partial charge in [0.2, 0.25) is 10.0 Å². The molecule has 0 aliphatic heterocycles. The lowest BCUT2D eigenvalue weighted by Gasteiger charge is -2.22. The van der Waals surface area contributed by atoms with E-state index in [2.05, 4.69) is 0 Å². The molecule has 0 heterocycles. The molecule has 5 nitrogen and oxygen atoms in total. The van der Waals surface area contributed by atoms with Gasteiger partial charge in [0.15, 0.2) is 0 Å². The van der Waals surface area contributed by atoms with Crippen molar-refractivity contribution >= 4 is 10.0 Å². The number of aliphatic hydroxyl groups excluding tert-OH is 1. The fourth-order valence-corrected chi connectivity index (χ4v) is 3.70. The van der Waals surface area contributed by atoms with Crippen molar-refractivity contribution in [1.29, 1.82) is 0 Å². The Morgan fingerprint density at radius 2 is 2.00 bits per heavy atom. The summed E-state index contributed by atoms with van der Waals surface area (Å²) in [6, 6.07) is 5.20. The van der Waals surface area contributed by atoms with Crippen LogP contribution in [-0.4, -0.2) is 37.5 Å². The molecule has 0 unspecified atom stereocenters. The third kappa shape index (κ3) is 3.76. The predicted molar refractivity (Wildman–Crippen MR) is 75.2 cm³/mol. The van der Waals surface area contributed by atoms with E-state index < -0.39 is 10.0 Å². The maximum absolute atomic E-state index is 12.6. The largest absolute Gasteiger partial charge is 0.395 e. The highest BCUT2D eigenvalue weighted by molar-refractivity contribution is 7.89. The number of rotatable bonds is 7. The standard InChI is InChI=1S/C13H22N2O3S/c1-3-6-15(7-8-16)19(17,18)13-9-12(10-14)5-4-11(13)2/h4-5,9,16H,3,6-8,10,14H2,1-2H3. The molecule has 0 saturated carbocycles. The second-order valence-corrected chi connectivity index (χ2v) is 6.34. The average molecular weight is 286 g/mol. The third-order valence-electron chi connectivity index (χ3n) is 2.93. The Morgan fingerprint density at radius 3 is 2.53 bits per heavy atom. The second-order valence-electron chi connectivity index (χ2n) is 4.43. The molecule has 0 radical (unpaired) electrons. The van der Waals surface area contributed by atoms with Gasteiger partial charge in [-0.2, -0.15) is 4.31 Å². The Bertz CT molecular complexity index is 509. The van der Waals surface area contributed by atoms with Crippen molar-refractivity contribution < 1.29 is 13.5 Å². The molecule has 1 rings (SSSR count). The van der Waals surface area contributed by atoms with Crippen LogP contribution in [0.1, 0.15) is 24.5 Å². The second kappa shape index (κ2) is 7.00. The highest BCUT2D eigenvalue weighted by atomic mass is 32.2. The molecular formula is C13H22N2O3S. The van der Waals surface area contributed by atoms with Gasteiger partial charge < -0.3 is 10.8 Å². The third-order valence-corrected chi connectivity index (χ3v) is 4.97. The zero-order valence-corrected chi connectivity index (χ0v) is 12.3. The van der Waals surface area contributed by atoms with Crippen molar-refractivity contribution in [2.75, 3.05) is 19.7 Å². The summed E-state index contributed by atoms with van der Waals surface area (Å²) in [7, 11) is -3.57. The van der Waals surface area contributed by atoms with E-state index in [1.807, 2.05) is 13.0 Å². The van der Waals surface area contributed by atoms with E-state index >= 15 is 0 Å². The number of aliphatic hydroxyl groups is 1. The molecule has 0 bridgehead atoms. The molecule has 0 spiro atoms. The lowest BCUT2D eigenvalue weighted by molar-refractivity contribution is 0.253. The molecule has 0 saturated heterocycles. The molecule has 6 heteroatoms. The summed E-state index contributed by atoms with van der Waals surface area (Å²) in [6.07, 6.45) is 0.703. The van der Waals surface area contributed by atoms with E-state index in [1.165, 1.54) is 4.31 Å². The molecular weight excluding hydrogens is 264 g/mol. The molecule has 0 amide bonds. The maximum Gasteiger partial charge on any atom is 0.243 e. The number of hydrogen-bond acceptors (Lipinski definition) is 4. The summed E-state index contributed by atoms with van der Waals surface area (Å²) in [6.45, 7) is 4.29. The van der Waals surface area contributed by atoms with Crippen molar-refractivity contribution in [2.45, 2.75) is 31.7 Å². The normalized spacial score (nSPS) is 12.1. The summed E-state index contributed by atoms with van der Waals surface area (Å²) < 4.78 is 26.5. The minimum absolute atomic E-state index is 0.114. The first-order valence-electron chi connectivity index (χ1n) is 6.38. The average Bonchev–Trinajstić information content (AvgIpc) is 2.39. The molecule has 19 heavy (non-hydrogen) atoms. The maximum atomic E-state index is 12.6. The topological polar surface area (TPSA) is 83.6 Å². The van der Waals surface area contributed by atoms with Crippen LogP contribution in [0.5, 0.6) is 0 Å². The zero-order valence-electron chi connectivity index (χ0n) is 11.5. The Kier molecular flexibility index (Phi) is 5.93. The monoisotopic (exact) mass is 286 g/mol. The summed E-state index contributed by atoms with van der Waals surface area (Å²) in [5.41, 5.74) is 7.03. The fraction of sp³-hybridized carbons (Fsp3) is 0.538.